The zero-order valence-corrected chi connectivity index (χ0v) is 15.9. The lowest BCUT2D eigenvalue weighted by atomic mass is 9.89. The van der Waals surface area contributed by atoms with Crippen LogP contribution in [0.4, 0.5) is 0 Å². The minimum absolute atomic E-state index is 0.0991. The van der Waals surface area contributed by atoms with E-state index < -0.39 is 6.10 Å². The molecule has 0 aromatic heterocycles. The number of benzene rings is 1. The maximum atomic E-state index is 10.9. The van der Waals surface area contributed by atoms with Gasteiger partial charge in [-0.15, -0.1) is 0 Å². The number of aliphatic hydroxyl groups excluding tert-OH is 1. The van der Waals surface area contributed by atoms with Gasteiger partial charge in [0.2, 0.25) is 0 Å². The Morgan fingerprint density at radius 3 is 2.72 bits per heavy atom. The number of likely N-dealkylation sites (N-methyl/N-ethyl adjacent to an activating group) is 1. The first kappa shape index (κ1) is 18.7. The summed E-state index contributed by atoms with van der Waals surface area (Å²) in [7, 11) is 2.16. The van der Waals surface area contributed by atoms with E-state index in [-0.39, 0.29) is 12.1 Å². The molecule has 0 unspecified atom stereocenters. The fourth-order valence-corrected chi connectivity index (χ4v) is 4.24. The molecular weight excluding hydrogens is 312 g/mol. The van der Waals surface area contributed by atoms with Crippen LogP contribution in [0, 0.1) is 6.92 Å². The number of hydrogen-bond donors (Lipinski definition) is 1. The molecule has 1 aliphatic carbocycles. The van der Waals surface area contributed by atoms with Crippen molar-refractivity contribution in [1.82, 2.24) is 9.80 Å². The van der Waals surface area contributed by atoms with E-state index in [0.717, 1.165) is 38.1 Å². The summed E-state index contributed by atoms with van der Waals surface area (Å²) in [4.78, 5) is 4.92. The zero-order chi connectivity index (χ0) is 17.6. The van der Waals surface area contributed by atoms with E-state index in [9.17, 15) is 5.11 Å². The van der Waals surface area contributed by atoms with Gasteiger partial charge in [0.1, 0.15) is 18.0 Å². The minimum atomic E-state index is -0.416. The number of aliphatic hydroxyl groups is 1. The number of piperidine rings is 1. The maximum Gasteiger partial charge on any atom is 0.126 e. The second-order valence-electron chi connectivity index (χ2n) is 7.84. The van der Waals surface area contributed by atoms with E-state index in [2.05, 4.69) is 35.9 Å². The van der Waals surface area contributed by atoms with E-state index in [0.29, 0.717) is 0 Å². The van der Waals surface area contributed by atoms with Crippen molar-refractivity contribution in [2.75, 3.05) is 33.2 Å². The van der Waals surface area contributed by atoms with Gasteiger partial charge in [-0.2, -0.15) is 0 Å². The third kappa shape index (κ3) is 5.19. The van der Waals surface area contributed by atoms with Gasteiger partial charge in [-0.05, 0) is 76.9 Å². The molecule has 3 rings (SSSR count). The first-order chi connectivity index (χ1) is 12.1. The van der Waals surface area contributed by atoms with Gasteiger partial charge in [-0.3, -0.25) is 4.90 Å². The molecule has 0 spiro atoms. The average molecular weight is 347 g/mol. The fourth-order valence-electron chi connectivity index (χ4n) is 4.24. The van der Waals surface area contributed by atoms with E-state index in [1.54, 1.807) is 0 Å². The predicted octanol–water partition coefficient (Wildman–Crippen LogP) is 3.07. The molecule has 1 saturated heterocycles. The Labute approximate surface area is 152 Å². The molecule has 0 radical (unpaired) electrons. The van der Waals surface area contributed by atoms with Crippen LogP contribution in [0.1, 0.15) is 44.1 Å². The van der Waals surface area contributed by atoms with Crippen LogP contribution in [0.25, 0.3) is 0 Å². The van der Waals surface area contributed by atoms with Crippen molar-refractivity contribution in [1.29, 1.82) is 0 Å². The Kier molecular flexibility index (Phi) is 6.74. The Bertz CT molecular complexity index is 530. The van der Waals surface area contributed by atoms with Gasteiger partial charge in [0.25, 0.3) is 0 Å². The van der Waals surface area contributed by atoms with Crippen LogP contribution >= 0.6 is 0 Å². The molecule has 1 aliphatic heterocycles. The van der Waals surface area contributed by atoms with E-state index in [4.69, 9.17) is 4.74 Å². The summed E-state index contributed by atoms with van der Waals surface area (Å²) < 4.78 is 6.14. The third-order valence-corrected chi connectivity index (χ3v) is 5.82. The molecule has 1 saturated carbocycles. The molecule has 4 nitrogen and oxygen atoms in total. The highest BCUT2D eigenvalue weighted by Gasteiger charge is 2.35. The van der Waals surface area contributed by atoms with Crippen LogP contribution in [0.15, 0.2) is 24.3 Å². The van der Waals surface area contributed by atoms with Crippen molar-refractivity contribution in [2.45, 2.75) is 63.7 Å². The lowest BCUT2D eigenvalue weighted by Crippen LogP contribution is -2.53. The standard InChI is InChI=1S/C21H34N2O2/c1-17-8-6-9-18(16-17)25-20-11-7-10-19(21(20)24)22(2)14-15-23-12-4-3-5-13-23/h6,8-9,16,19-21,24H,3-5,7,10-15H2,1-2H3/t19-,20+,21+/m0/s1. The molecule has 2 fully saturated rings. The number of hydrogen-bond acceptors (Lipinski definition) is 4. The smallest absolute Gasteiger partial charge is 0.126 e. The molecule has 1 N–H and O–H groups in total. The monoisotopic (exact) mass is 346 g/mol. The largest absolute Gasteiger partial charge is 0.488 e. The summed E-state index contributed by atoms with van der Waals surface area (Å²) in [5.41, 5.74) is 1.19. The Hall–Kier alpha value is -1.10. The molecule has 4 heteroatoms. The van der Waals surface area contributed by atoms with Crippen molar-refractivity contribution in [2.24, 2.45) is 0 Å². The van der Waals surface area contributed by atoms with Crippen LogP contribution in [-0.4, -0.2) is 66.4 Å². The molecular formula is C21H34N2O2. The molecule has 1 aromatic rings. The number of aryl methyl sites for hydroxylation is 1. The molecule has 2 aliphatic rings. The number of likely N-dealkylation sites (tertiary alicyclic amines) is 1. The van der Waals surface area contributed by atoms with Gasteiger partial charge < -0.3 is 14.7 Å². The molecule has 0 bridgehead atoms. The average Bonchev–Trinajstić information content (AvgIpc) is 2.62. The Balaban J connectivity index is 1.52. The zero-order valence-electron chi connectivity index (χ0n) is 15.9. The van der Waals surface area contributed by atoms with Crippen LogP contribution in [0.5, 0.6) is 5.75 Å². The van der Waals surface area contributed by atoms with Crippen molar-refractivity contribution in [3.63, 3.8) is 0 Å². The van der Waals surface area contributed by atoms with Crippen molar-refractivity contribution >= 4 is 0 Å². The topological polar surface area (TPSA) is 35.9 Å². The highest BCUT2D eigenvalue weighted by molar-refractivity contribution is 5.27. The van der Waals surface area contributed by atoms with Crippen LogP contribution in [0.3, 0.4) is 0 Å². The first-order valence-electron chi connectivity index (χ1n) is 9.97. The van der Waals surface area contributed by atoms with E-state index >= 15 is 0 Å². The summed E-state index contributed by atoms with van der Waals surface area (Å²) in [6, 6.07) is 8.33. The summed E-state index contributed by atoms with van der Waals surface area (Å²) in [6.45, 7) is 6.68. The Morgan fingerprint density at radius 2 is 1.96 bits per heavy atom. The van der Waals surface area contributed by atoms with Gasteiger partial charge in [-0.1, -0.05) is 18.6 Å². The Morgan fingerprint density at radius 1 is 1.16 bits per heavy atom. The molecule has 1 heterocycles. The van der Waals surface area contributed by atoms with Gasteiger partial charge in [0.15, 0.2) is 0 Å². The minimum Gasteiger partial charge on any atom is -0.488 e. The number of nitrogens with zero attached hydrogens (tertiary/aromatic N) is 2. The highest BCUT2D eigenvalue weighted by Crippen LogP contribution is 2.27. The quantitative estimate of drug-likeness (QED) is 0.859. The lowest BCUT2D eigenvalue weighted by molar-refractivity contribution is -0.0486. The van der Waals surface area contributed by atoms with E-state index in [1.807, 2.05) is 12.1 Å². The molecule has 3 atom stereocenters. The SMILES string of the molecule is Cc1cccc(O[C@@H]2CCC[C@H](N(C)CCN3CCCCC3)[C@H]2O)c1. The van der Waals surface area contributed by atoms with Gasteiger partial charge >= 0.3 is 0 Å². The summed E-state index contributed by atoms with van der Waals surface area (Å²) in [5.74, 6) is 0.876. The fraction of sp³-hybridized carbons (Fsp3) is 0.714. The number of rotatable bonds is 6. The van der Waals surface area contributed by atoms with Crippen LogP contribution in [0.2, 0.25) is 0 Å². The van der Waals surface area contributed by atoms with Gasteiger partial charge in [-0.25, -0.2) is 0 Å². The molecule has 140 valence electrons. The summed E-state index contributed by atoms with van der Waals surface area (Å²) in [5, 5.41) is 10.9. The van der Waals surface area contributed by atoms with Crippen molar-refractivity contribution in [3.8, 4) is 5.75 Å². The molecule has 0 amide bonds. The summed E-state index contributed by atoms with van der Waals surface area (Å²) in [6.07, 6.45) is 6.65. The van der Waals surface area contributed by atoms with Crippen LogP contribution in [-0.2, 0) is 0 Å². The second kappa shape index (κ2) is 9.02. The third-order valence-electron chi connectivity index (χ3n) is 5.82. The molecule has 1 aromatic carbocycles. The second-order valence-corrected chi connectivity index (χ2v) is 7.84. The van der Waals surface area contributed by atoms with Crippen molar-refractivity contribution in [3.05, 3.63) is 29.8 Å². The first-order valence-corrected chi connectivity index (χ1v) is 9.97. The van der Waals surface area contributed by atoms with Crippen LogP contribution < -0.4 is 4.74 Å². The normalized spacial score (nSPS) is 28.2. The van der Waals surface area contributed by atoms with Gasteiger partial charge in [0, 0.05) is 19.1 Å². The highest BCUT2D eigenvalue weighted by atomic mass is 16.5. The van der Waals surface area contributed by atoms with Gasteiger partial charge in [0.05, 0.1) is 0 Å². The maximum absolute atomic E-state index is 10.9. The lowest BCUT2D eigenvalue weighted by Gasteiger charge is -2.40. The van der Waals surface area contributed by atoms with Crippen molar-refractivity contribution < 1.29 is 9.84 Å². The predicted molar refractivity (Wildman–Crippen MR) is 102 cm³/mol. The van der Waals surface area contributed by atoms with E-state index in [1.165, 1.54) is 37.9 Å². The molecule has 25 heavy (non-hydrogen) atoms. The number of ether oxygens (including phenoxy) is 1. The summed E-state index contributed by atoms with van der Waals surface area (Å²) >= 11 is 0.